The summed E-state index contributed by atoms with van der Waals surface area (Å²) >= 11 is 0. The summed E-state index contributed by atoms with van der Waals surface area (Å²) in [5.74, 6) is -1.16. The van der Waals surface area contributed by atoms with Gasteiger partial charge in [0.2, 0.25) is 5.91 Å². The van der Waals surface area contributed by atoms with E-state index >= 15 is 0 Å². The molecule has 0 radical (unpaired) electrons. The first-order chi connectivity index (χ1) is 8.36. The van der Waals surface area contributed by atoms with Crippen molar-refractivity contribution in [2.75, 3.05) is 17.2 Å². The lowest BCUT2D eigenvalue weighted by Gasteiger charge is -2.28. The van der Waals surface area contributed by atoms with E-state index in [4.69, 9.17) is 0 Å². The van der Waals surface area contributed by atoms with Crippen molar-refractivity contribution in [2.24, 2.45) is 0 Å². The van der Waals surface area contributed by atoms with Crippen molar-refractivity contribution in [3.05, 3.63) is 23.8 Å². The lowest BCUT2D eigenvalue weighted by molar-refractivity contribution is -0.116. The molecule has 1 aliphatic heterocycles. The van der Waals surface area contributed by atoms with Crippen LogP contribution in [0, 0.1) is 0 Å². The minimum absolute atomic E-state index is 0.0663. The first-order valence-corrected chi connectivity index (χ1v) is 7.20. The Bertz CT molecular complexity index is 633. The Labute approximate surface area is 105 Å². The molecule has 1 amide bonds. The second-order valence-corrected chi connectivity index (χ2v) is 6.09. The first-order valence-electron chi connectivity index (χ1n) is 5.55. The number of rotatable bonds is 2. The van der Waals surface area contributed by atoms with Gasteiger partial charge >= 0.3 is 0 Å². The van der Waals surface area contributed by atoms with E-state index in [1.807, 2.05) is 0 Å². The van der Waals surface area contributed by atoms with Gasteiger partial charge in [0, 0.05) is 12.1 Å². The van der Waals surface area contributed by atoms with Crippen LogP contribution in [0.5, 0.6) is 0 Å². The van der Waals surface area contributed by atoms with Gasteiger partial charge < -0.3 is 4.90 Å². The third kappa shape index (κ3) is 1.92. The molecule has 0 saturated carbocycles. The minimum Gasteiger partial charge on any atom is -0.310 e. The van der Waals surface area contributed by atoms with E-state index in [0.717, 1.165) is 0 Å². The number of hydrogen-bond donors (Lipinski definition) is 0. The molecule has 1 heterocycles. The highest BCUT2D eigenvalue weighted by atomic mass is 32.2. The number of Topliss-reactive ketones (excluding diaryl/α,β-unsaturated/α-hetero) is 1. The van der Waals surface area contributed by atoms with Gasteiger partial charge in [0.15, 0.2) is 15.6 Å². The lowest BCUT2D eigenvalue weighted by atomic mass is 10.1. The van der Waals surface area contributed by atoms with Crippen LogP contribution in [0.15, 0.2) is 23.1 Å². The summed E-state index contributed by atoms with van der Waals surface area (Å²) in [5, 5.41) is 0. The summed E-state index contributed by atoms with van der Waals surface area (Å²) in [4.78, 5) is 24.5. The monoisotopic (exact) mass is 267 g/mol. The maximum Gasteiger partial charge on any atom is 0.242 e. The molecule has 1 aromatic carbocycles. The number of fused-ring (bicyclic) bond motifs is 1. The summed E-state index contributed by atoms with van der Waals surface area (Å²) < 4.78 is 23.9. The molecule has 18 heavy (non-hydrogen) atoms. The van der Waals surface area contributed by atoms with Crippen LogP contribution in [-0.2, 0) is 14.6 Å². The molecule has 0 spiro atoms. The zero-order chi connectivity index (χ0) is 13.5. The predicted molar refractivity (Wildman–Crippen MR) is 66.5 cm³/mol. The first kappa shape index (κ1) is 12.8. The van der Waals surface area contributed by atoms with Gasteiger partial charge in [-0.3, -0.25) is 9.59 Å². The number of carbonyl (C=O) groups is 2. The smallest absolute Gasteiger partial charge is 0.242 e. The predicted octanol–water partition coefficient (Wildman–Crippen LogP) is 1.03. The van der Waals surface area contributed by atoms with Crippen LogP contribution in [0.3, 0.4) is 0 Å². The molecule has 0 fully saturated rings. The number of hydrogen-bond acceptors (Lipinski definition) is 4. The fourth-order valence-electron chi connectivity index (χ4n) is 2.00. The molecule has 2 rings (SSSR count). The number of nitrogens with zero attached hydrogens (tertiary/aromatic N) is 1. The topological polar surface area (TPSA) is 71.5 Å². The Morgan fingerprint density at radius 3 is 2.61 bits per heavy atom. The van der Waals surface area contributed by atoms with Crippen LogP contribution < -0.4 is 4.90 Å². The van der Waals surface area contributed by atoms with Crippen molar-refractivity contribution < 1.29 is 18.0 Å². The molecule has 6 heteroatoms. The van der Waals surface area contributed by atoms with Crippen molar-refractivity contribution in [1.82, 2.24) is 0 Å². The van der Waals surface area contributed by atoms with Gasteiger partial charge in [-0.1, -0.05) is 0 Å². The average Bonchev–Trinajstić information content (AvgIpc) is 2.28. The van der Waals surface area contributed by atoms with Crippen LogP contribution in [0.25, 0.3) is 0 Å². The minimum atomic E-state index is -3.63. The van der Waals surface area contributed by atoms with Gasteiger partial charge in [0.05, 0.1) is 10.6 Å². The molecule has 0 bridgehead atoms. The highest BCUT2D eigenvalue weighted by molar-refractivity contribution is 7.92. The van der Waals surface area contributed by atoms with Gasteiger partial charge in [0.1, 0.15) is 5.75 Å². The van der Waals surface area contributed by atoms with E-state index in [0.29, 0.717) is 17.8 Å². The maximum atomic E-state index is 12.0. The van der Waals surface area contributed by atoms with Gasteiger partial charge in [-0.05, 0) is 32.0 Å². The quantitative estimate of drug-likeness (QED) is 0.750. The van der Waals surface area contributed by atoms with Crippen LogP contribution >= 0.6 is 0 Å². The number of ketones is 1. The summed E-state index contributed by atoms with van der Waals surface area (Å²) in [7, 11) is -3.63. The molecular formula is C12H13NO4S. The Kier molecular flexibility index (Phi) is 2.98. The van der Waals surface area contributed by atoms with Crippen molar-refractivity contribution in [3.63, 3.8) is 0 Å². The van der Waals surface area contributed by atoms with Crippen molar-refractivity contribution >= 4 is 27.2 Å². The standard InChI is InChI=1S/C12H13NO4S/c1-3-13-10-5-4-9(8(2)14)6-11(10)18(16,17)7-12(13)15/h4-6H,3,7H2,1-2H3. The SMILES string of the molecule is CCN1C(=O)CS(=O)(=O)c2cc(C(C)=O)ccc21. The Morgan fingerprint density at radius 1 is 1.39 bits per heavy atom. The summed E-state index contributed by atoms with van der Waals surface area (Å²) in [6, 6.07) is 4.41. The molecule has 0 saturated heterocycles. The molecule has 0 unspecified atom stereocenters. The van der Waals surface area contributed by atoms with Gasteiger partial charge in [-0.25, -0.2) is 8.42 Å². The molecule has 1 aromatic rings. The van der Waals surface area contributed by atoms with Crippen LogP contribution in [0.2, 0.25) is 0 Å². The third-order valence-corrected chi connectivity index (χ3v) is 4.55. The zero-order valence-corrected chi connectivity index (χ0v) is 11.0. The van der Waals surface area contributed by atoms with E-state index in [1.54, 1.807) is 6.92 Å². The zero-order valence-electron chi connectivity index (χ0n) is 10.1. The van der Waals surface area contributed by atoms with E-state index < -0.39 is 21.5 Å². The summed E-state index contributed by atoms with van der Waals surface area (Å²) in [5.41, 5.74) is 0.696. The average molecular weight is 267 g/mol. The fraction of sp³-hybridized carbons (Fsp3) is 0.333. The van der Waals surface area contributed by atoms with E-state index in [-0.39, 0.29) is 10.7 Å². The molecule has 96 valence electrons. The highest BCUT2D eigenvalue weighted by Gasteiger charge is 2.34. The molecule has 0 aliphatic carbocycles. The molecule has 0 atom stereocenters. The normalized spacial score (nSPS) is 17.4. The Hall–Kier alpha value is -1.69. The summed E-state index contributed by atoms with van der Waals surface area (Å²) in [6.07, 6.45) is 0. The largest absolute Gasteiger partial charge is 0.310 e. The second-order valence-electron chi connectivity index (χ2n) is 4.14. The number of benzene rings is 1. The lowest BCUT2D eigenvalue weighted by Crippen LogP contribution is -2.40. The fourth-order valence-corrected chi connectivity index (χ4v) is 3.44. The van der Waals surface area contributed by atoms with Crippen molar-refractivity contribution in [1.29, 1.82) is 0 Å². The number of anilines is 1. The molecule has 1 aliphatic rings. The molecule has 0 aromatic heterocycles. The van der Waals surface area contributed by atoms with Crippen LogP contribution in [0.1, 0.15) is 24.2 Å². The van der Waals surface area contributed by atoms with Crippen LogP contribution in [-0.4, -0.2) is 32.4 Å². The third-order valence-electron chi connectivity index (χ3n) is 2.92. The molecule has 5 nitrogen and oxygen atoms in total. The van der Waals surface area contributed by atoms with Gasteiger partial charge in [-0.15, -0.1) is 0 Å². The number of carbonyl (C=O) groups excluding carboxylic acids is 2. The molecular weight excluding hydrogens is 254 g/mol. The number of amides is 1. The molecule has 0 N–H and O–H groups in total. The van der Waals surface area contributed by atoms with Crippen LogP contribution in [0.4, 0.5) is 5.69 Å². The second kappa shape index (κ2) is 4.20. The van der Waals surface area contributed by atoms with E-state index in [2.05, 4.69) is 0 Å². The maximum absolute atomic E-state index is 12.0. The van der Waals surface area contributed by atoms with Crippen molar-refractivity contribution in [3.8, 4) is 0 Å². The number of sulfone groups is 1. The Balaban J connectivity index is 2.70. The Morgan fingerprint density at radius 2 is 2.06 bits per heavy atom. The van der Waals surface area contributed by atoms with Gasteiger partial charge in [0.25, 0.3) is 0 Å². The van der Waals surface area contributed by atoms with E-state index in [1.165, 1.54) is 30.0 Å². The van der Waals surface area contributed by atoms with Gasteiger partial charge in [-0.2, -0.15) is 0 Å². The van der Waals surface area contributed by atoms with Crippen molar-refractivity contribution in [2.45, 2.75) is 18.7 Å². The highest BCUT2D eigenvalue weighted by Crippen LogP contribution is 2.31. The summed E-state index contributed by atoms with van der Waals surface area (Å²) in [6.45, 7) is 3.55. The van der Waals surface area contributed by atoms with E-state index in [9.17, 15) is 18.0 Å².